The van der Waals surface area contributed by atoms with Gasteiger partial charge < -0.3 is 14.8 Å². The van der Waals surface area contributed by atoms with Gasteiger partial charge in [0, 0.05) is 19.6 Å². The normalized spacial score (nSPS) is 24.0. The van der Waals surface area contributed by atoms with E-state index in [4.69, 9.17) is 0 Å². The zero-order valence-electron chi connectivity index (χ0n) is 15.7. The Kier molecular flexibility index (Phi) is 6.06. The molecule has 7 heteroatoms. The predicted molar refractivity (Wildman–Crippen MR) is 97.1 cm³/mol. The molecule has 1 aromatic rings. The molecule has 1 atom stereocenters. The smallest absolute Gasteiger partial charge is 0.237 e. The standard InChI is InChI=1S/C18H32N6O/c1-3-8-24-13-18(5-10-22(2)11-6-18)12-16(24)17(25)19-7-4-9-23-14-20-21-15-23/h14-16H,3-13H2,1-2H3,(H,19,25). The van der Waals surface area contributed by atoms with Crippen molar-refractivity contribution < 1.29 is 4.79 Å². The summed E-state index contributed by atoms with van der Waals surface area (Å²) >= 11 is 0. The summed E-state index contributed by atoms with van der Waals surface area (Å²) in [5.41, 5.74) is 0.353. The first-order valence-corrected chi connectivity index (χ1v) is 9.65. The Hall–Kier alpha value is -1.47. The summed E-state index contributed by atoms with van der Waals surface area (Å²) in [6.45, 7) is 8.19. The summed E-state index contributed by atoms with van der Waals surface area (Å²) < 4.78 is 1.94. The van der Waals surface area contributed by atoms with Crippen molar-refractivity contribution in [2.75, 3.05) is 39.8 Å². The number of carbonyl (C=O) groups is 1. The highest BCUT2D eigenvalue weighted by atomic mass is 16.2. The number of hydrogen-bond acceptors (Lipinski definition) is 5. The number of piperidine rings is 1. The van der Waals surface area contributed by atoms with Gasteiger partial charge in [-0.3, -0.25) is 9.69 Å². The van der Waals surface area contributed by atoms with Crippen LogP contribution in [-0.4, -0.2) is 76.3 Å². The third-order valence-corrected chi connectivity index (χ3v) is 5.83. The molecule has 140 valence electrons. The highest BCUT2D eigenvalue weighted by Crippen LogP contribution is 2.43. The van der Waals surface area contributed by atoms with Gasteiger partial charge in [-0.1, -0.05) is 6.92 Å². The zero-order valence-corrected chi connectivity index (χ0v) is 15.7. The number of aromatic nitrogens is 3. The number of likely N-dealkylation sites (tertiary alicyclic amines) is 2. The van der Waals surface area contributed by atoms with Crippen molar-refractivity contribution in [3.05, 3.63) is 12.7 Å². The van der Waals surface area contributed by atoms with E-state index in [1.165, 1.54) is 12.8 Å². The molecule has 7 nitrogen and oxygen atoms in total. The number of aryl methyl sites for hydroxylation is 1. The first-order chi connectivity index (χ1) is 12.1. The van der Waals surface area contributed by atoms with E-state index in [0.717, 1.165) is 52.0 Å². The van der Waals surface area contributed by atoms with Crippen molar-refractivity contribution in [1.82, 2.24) is 29.9 Å². The molecule has 25 heavy (non-hydrogen) atoms. The molecule has 2 aliphatic rings. The van der Waals surface area contributed by atoms with Crippen LogP contribution in [0.15, 0.2) is 12.7 Å². The van der Waals surface area contributed by atoms with Crippen molar-refractivity contribution in [2.45, 2.75) is 51.6 Å². The summed E-state index contributed by atoms with van der Waals surface area (Å²) in [4.78, 5) is 17.6. The lowest BCUT2D eigenvalue weighted by Gasteiger charge is -2.37. The summed E-state index contributed by atoms with van der Waals surface area (Å²) in [7, 11) is 2.20. The second kappa shape index (κ2) is 8.27. The van der Waals surface area contributed by atoms with E-state index in [1.807, 2.05) is 4.57 Å². The highest BCUT2D eigenvalue weighted by molar-refractivity contribution is 5.82. The fraction of sp³-hybridized carbons (Fsp3) is 0.833. The molecule has 1 spiro atoms. The second-order valence-electron chi connectivity index (χ2n) is 7.84. The summed E-state index contributed by atoms with van der Waals surface area (Å²) in [5, 5.41) is 10.8. The van der Waals surface area contributed by atoms with Gasteiger partial charge in [0.25, 0.3) is 0 Å². The van der Waals surface area contributed by atoms with Gasteiger partial charge in [-0.15, -0.1) is 10.2 Å². The molecule has 1 N–H and O–H groups in total. The third-order valence-electron chi connectivity index (χ3n) is 5.83. The topological polar surface area (TPSA) is 66.3 Å². The Balaban J connectivity index is 1.50. The second-order valence-corrected chi connectivity index (χ2v) is 7.84. The molecule has 3 heterocycles. The number of hydrogen-bond donors (Lipinski definition) is 1. The SMILES string of the molecule is CCCN1CC2(CCN(C)CC2)CC1C(=O)NCCCn1cnnc1. The molecular formula is C18H32N6O. The van der Waals surface area contributed by atoms with Gasteiger partial charge in [-0.25, -0.2) is 0 Å². The number of carbonyl (C=O) groups excluding carboxylic acids is 1. The Morgan fingerprint density at radius 1 is 1.24 bits per heavy atom. The Morgan fingerprint density at radius 3 is 2.64 bits per heavy atom. The molecule has 0 saturated carbocycles. The van der Waals surface area contributed by atoms with Gasteiger partial charge in [0.1, 0.15) is 12.7 Å². The maximum Gasteiger partial charge on any atom is 0.237 e. The van der Waals surface area contributed by atoms with Crippen molar-refractivity contribution in [2.24, 2.45) is 5.41 Å². The van der Waals surface area contributed by atoms with E-state index in [1.54, 1.807) is 12.7 Å². The van der Waals surface area contributed by atoms with Crippen LogP contribution in [0.4, 0.5) is 0 Å². The highest BCUT2D eigenvalue weighted by Gasteiger charge is 2.47. The van der Waals surface area contributed by atoms with Crippen LogP contribution in [0, 0.1) is 5.41 Å². The summed E-state index contributed by atoms with van der Waals surface area (Å²) in [6, 6.07) is 0.0540. The molecule has 0 radical (unpaired) electrons. The van der Waals surface area contributed by atoms with E-state index in [9.17, 15) is 4.79 Å². The minimum atomic E-state index is 0.0540. The molecule has 1 aromatic heterocycles. The number of rotatable bonds is 7. The van der Waals surface area contributed by atoms with Crippen molar-refractivity contribution in [3.8, 4) is 0 Å². The van der Waals surface area contributed by atoms with Crippen LogP contribution in [0.1, 0.15) is 39.0 Å². The Bertz CT molecular complexity index is 538. The van der Waals surface area contributed by atoms with Crippen molar-refractivity contribution in [3.63, 3.8) is 0 Å². The van der Waals surface area contributed by atoms with Crippen LogP contribution in [0.5, 0.6) is 0 Å². The lowest BCUT2D eigenvalue weighted by molar-refractivity contribution is -0.125. The van der Waals surface area contributed by atoms with Crippen LogP contribution in [0.2, 0.25) is 0 Å². The minimum Gasteiger partial charge on any atom is -0.355 e. The largest absolute Gasteiger partial charge is 0.355 e. The quantitative estimate of drug-likeness (QED) is 0.744. The van der Waals surface area contributed by atoms with Crippen molar-refractivity contribution >= 4 is 5.91 Å². The molecule has 0 aromatic carbocycles. The Morgan fingerprint density at radius 2 is 1.96 bits per heavy atom. The first-order valence-electron chi connectivity index (χ1n) is 9.65. The average molecular weight is 348 g/mol. The van der Waals surface area contributed by atoms with Crippen LogP contribution >= 0.6 is 0 Å². The van der Waals surface area contributed by atoms with Crippen LogP contribution in [0.25, 0.3) is 0 Å². The maximum absolute atomic E-state index is 12.8. The molecule has 1 amide bonds. The van der Waals surface area contributed by atoms with Gasteiger partial charge in [-0.2, -0.15) is 0 Å². The molecule has 1 unspecified atom stereocenters. The molecule has 0 bridgehead atoms. The van der Waals surface area contributed by atoms with E-state index >= 15 is 0 Å². The average Bonchev–Trinajstić information content (AvgIpc) is 3.23. The Labute approximate surface area is 150 Å². The first kappa shape index (κ1) is 18.3. The zero-order chi connectivity index (χ0) is 17.7. The van der Waals surface area contributed by atoms with E-state index in [-0.39, 0.29) is 11.9 Å². The molecule has 2 aliphatic heterocycles. The van der Waals surface area contributed by atoms with E-state index in [2.05, 4.69) is 39.3 Å². The van der Waals surface area contributed by atoms with Crippen molar-refractivity contribution in [1.29, 1.82) is 0 Å². The maximum atomic E-state index is 12.8. The fourth-order valence-corrected chi connectivity index (χ4v) is 4.31. The lowest BCUT2D eigenvalue weighted by atomic mass is 9.76. The van der Waals surface area contributed by atoms with Crippen LogP contribution in [-0.2, 0) is 11.3 Å². The molecule has 3 rings (SSSR count). The molecule has 2 fully saturated rings. The van der Waals surface area contributed by atoms with Gasteiger partial charge in [-0.05, 0) is 64.2 Å². The van der Waals surface area contributed by atoms with E-state index < -0.39 is 0 Å². The molecular weight excluding hydrogens is 316 g/mol. The fourth-order valence-electron chi connectivity index (χ4n) is 4.31. The predicted octanol–water partition coefficient (Wildman–Crippen LogP) is 0.981. The van der Waals surface area contributed by atoms with E-state index in [0.29, 0.717) is 12.0 Å². The van der Waals surface area contributed by atoms with Gasteiger partial charge in [0.05, 0.1) is 6.04 Å². The number of amides is 1. The van der Waals surface area contributed by atoms with Crippen LogP contribution < -0.4 is 5.32 Å². The van der Waals surface area contributed by atoms with Crippen LogP contribution in [0.3, 0.4) is 0 Å². The molecule has 2 saturated heterocycles. The number of nitrogens with one attached hydrogen (secondary N) is 1. The monoisotopic (exact) mass is 348 g/mol. The lowest BCUT2D eigenvalue weighted by Crippen LogP contribution is -2.43. The summed E-state index contributed by atoms with van der Waals surface area (Å²) in [5.74, 6) is 0.216. The third kappa shape index (κ3) is 4.58. The minimum absolute atomic E-state index is 0.0540. The van der Waals surface area contributed by atoms with Gasteiger partial charge in [0.15, 0.2) is 0 Å². The van der Waals surface area contributed by atoms with Gasteiger partial charge >= 0.3 is 0 Å². The summed E-state index contributed by atoms with van der Waals surface area (Å²) in [6.07, 6.45) is 8.91. The van der Waals surface area contributed by atoms with Gasteiger partial charge in [0.2, 0.25) is 5.91 Å². The number of nitrogens with zero attached hydrogens (tertiary/aromatic N) is 5. The molecule has 0 aliphatic carbocycles.